The van der Waals surface area contributed by atoms with Crippen LogP contribution in [0.4, 0.5) is 4.39 Å². The van der Waals surface area contributed by atoms with Gasteiger partial charge in [-0.1, -0.05) is 6.07 Å². The highest BCUT2D eigenvalue weighted by atomic mass is 19.1. The fraction of sp³-hybridized carbons (Fsp3) is 0.333. The van der Waals surface area contributed by atoms with Crippen molar-refractivity contribution in [2.24, 2.45) is 7.05 Å². The van der Waals surface area contributed by atoms with E-state index in [1.807, 2.05) is 25.2 Å². The molecule has 4 aromatic rings. The van der Waals surface area contributed by atoms with Gasteiger partial charge in [-0.2, -0.15) is 5.10 Å². The third-order valence-corrected chi connectivity index (χ3v) is 5.81. The largest absolute Gasteiger partial charge is 0.470 e. The molecule has 5 heterocycles. The van der Waals surface area contributed by atoms with Gasteiger partial charge in [-0.05, 0) is 12.1 Å². The van der Waals surface area contributed by atoms with Gasteiger partial charge in [-0.3, -0.25) is 4.68 Å². The molecular weight excluding hydrogens is 391 g/mol. The van der Waals surface area contributed by atoms with E-state index in [-0.39, 0.29) is 30.6 Å². The van der Waals surface area contributed by atoms with Crippen LogP contribution in [0.1, 0.15) is 0 Å². The SMILES string of the molecule is Cn1ncc2cc(-c3nc4cc(O[C@@H]5CO[C@H]6[C@@H]5OC[C@H]6O)[nH]c4cc3F)ccc21. The van der Waals surface area contributed by atoms with E-state index < -0.39 is 11.9 Å². The van der Waals surface area contributed by atoms with Gasteiger partial charge in [0.05, 0.1) is 36.0 Å². The van der Waals surface area contributed by atoms with Crippen molar-refractivity contribution >= 4 is 21.9 Å². The Morgan fingerprint density at radius 2 is 2.07 bits per heavy atom. The Hall–Kier alpha value is -3.01. The average Bonchev–Trinajstić information content (AvgIpc) is 3.48. The number of benzene rings is 1. The Balaban J connectivity index is 1.32. The third-order valence-electron chi connectivity index (χ3n) is 5.81. The molecule has 0 amide bonds. The Kier molecular flexibility index (Phi) is 3.86. The van der Waals surface area contributed by atoms with Crippen LogP contribution in [-0.2, 0) is 16.5 Å². The second-order valence-corrected chi connectivity index (χ2v) is 7.75. The summed E-state index contributed by atoms with van der Waals surface area (Å²) in [4.78, 5) is 7.57. The van der Waals surface area contributed by atoms with E-state index in [4.69, 9.17) is 14.2 Å². The van der Waals surface area contributed by atoms with Crippen molar-refractivity contribution < 1.29 is 23.7 Å². The number of ether oxygens (including phenoxy) is 3. The molecule has 0 unspecified atom stereocenters. The Morgan fingerprint density at radius 1 is 1.20 bits per heavy atom. The molecule has 0 aliphatic carbocycles. The molecule has 2 aliphatic rings. The summed E-state index contributed by atoms with van der Waals surface area (Å²) >= 11 is 0. The minimum absolute atomic E-state index is 0.235. The topological polar surface area (TPSA) is 94.4 Å². The number of nitrogens with zero attached hydrogens (tertiary/aromatic N) is 3. The zero-order valence-corrected chi connectivity index (χ0v) is 16.1. The molecule has 2 N–H and O–H groups in total. The van der Waals surface area contributed by atoms with Gasteiger partial charge >= 0.3 is 0 Å². The number of aromatic nitrogens is 4. The van der Waals surface area contributed by atoms with Crippen LogP contribution in [0.15, 0.2) is 36.5 Å². The first-order valence-electron chi connectivity index (χ1n) is 9.76. The van der Waals surface area contributed by atoms with Gasteiger partial charge in [-0.15, -0.1) is 0 Å². The molecule has 2 fully saturated rings. The number of aliphatic hydroxyl groups excluding tert-OH is 1. The van der Waals surface area contributed by atoms with Crippen LogP contribution in [0, 0.1) is 5.82 Å². The maximum atomic E-state index is 14.8. The number of pyridine rings is 1. The van der Waals surface area contributed by atoms with Gasteiger partial charge in [0.25, 0.3) is 0 Å². The quantitative estimate of drug-likeness (QED) is 0.538. The lowest BCUT2D eigenvalue weighted by Gasteiger charge is -2.16. The van der Waals surface area contributed by atoms with Crippen molar-refractivity contribution in [3.63, 3.8) is 0 Å². The van der Waals surface area contributed by atoms with Gasteiger partial charge in [0, 0.05) is 30.1 Å². The van der Waals surface area contributed by atoms with E-state index in [0.29, 0.717) is 29.1 Å². The molecule has 8 nitrogen and oxygen atoms in total. The lowest BCUT2D eigenvalue weighted by atomic mass is 10.1. The predicted molar refractivity (Wildman–Crippen MR) is 106 cm³/mol. The first kappa shape index (κ1) is 17.8. The van der Waals surface area contributed by atoms with E-state index in [9.17, 15) is 9.50 Å². The number of aliphatic hydroxyl groups is 1. The summed E-state index contributed by atoms with van der Waals surface area (Å²) in [7, 11) is 1.86. The Bertz CT molecular complexity index is 1270. The summed E-state index contributed by atoms with van der Waals surface area (Å²) < 4.78 is 33.7. The molecular formula is C21H19FN4O4. The lowest BCUT2D eigenvalue weighted by molar-refractivity contribution is 0.00794. The summed E-state index contributed by atoms with van der Waals surface area (Å²) in [5, 5.41) is 15.0. The van der Waals surface area contributed by atoms with E-state index >= 15 is 0 Å². The molecule has 0 bridgehead atoms. The highest BCUT2D eigenvalue weighted by Gasteiger charge is 2.48. The number of H-pyrrole nitrogens is 1. The van der Waals surface area contributed by atoms with Crippen LogP contribution in [0.3, 0.4) is 0 Å². The molecule has 6 rings (SSSR count). The lowest BCUT2D eigenvalue weighted by Crippen LogP contribution is -2.34. The Morgan fingerprint density at radius 3 is 2.97 bits per heavy atom. The van der Waals surface area contributed by atoms with Gasteiger partial charge in [0.15, 0.2) is 17.8 Å². The van der Waals surface area contributed by atoms with Crippen LogP contribution >= 0.6 is 0 Å². The molecule has 0 radical (unpaired) electrons. The minimum atomic E-state index is -0.637. The number of nitrogens with one attached hydrogen (secondary N) is 1. The summed E-state index contributed by atoms with van der Waals surface area (Å²) in [6, 6.07) is 8.77. The van der Waals surface area contributed by atoms with Crippen molar-refractivity contribution in [2.75, 3.05) is 13.2 Å². The number of halogens is 1. The van der Waals surface area contributed by atoms with Gasteiger partial charge in [0.1, 0.15) is 24.0 Å². The number of aryl methyl sites for hydroxylation is 1. The summed E-state index contributed by atoms with van der Waals surface area (Å²) in [5.74, 6) is 0.0293. The molecule has 1 aromatic carbocycles. The van der Waals surface area contributed by atoms with Crippen molar-refractivity contribution in [3.8, 4) is 17.1 Å². The van der Waals surface area contributed by atoms with Crippen LogP contribution in [0.25, 0.3) is 33.2 Å². The number of hydrogen-bond donors (Lipinski definition) is 2. The summed E-state index contributed by atoms with van der Waals surface area (Å²) in [6.45, 7) is 0.555. The summed E-state index contributed by atoms with van der Waals surface area (Å²) in [6.07, 6.45) is 0.0670. The molecule has 2 aliphatic heterocycles. The maximum absolute atomic E-state index is 14.8. The maximum Gasteiger partial charge on any atom is 0.193 e. The third kappa shape index (κ3) is 2.70. The number of aromatic amines is 1. The molecule has 0 saturated carbocycles. The minimum Gasteiger partial charge on any atom is -0.470 e. The first-order chi connectivity index (χ1) is 14.6. The van der Waals surface area contributed by atoms with Crippen molar-refractivity contribution in [1.82, 2.24) is 19.7 Å². The van der Waals surface area contributed by atoms with Crippen LogP contribution in [-0.4, -0.2) is 62.5 Å². The second-order valence-electron chi connectivity index (χ2n) is 7.75. The standard InChI is InChI=1S/C21H19FN4O4/c1-26-15-3-2-10(4-11(15)7-23-26)19-12(22)5-13-14(25-19)6-18(24-13)30-17-9-29-20-16(27)8-28-21(17)20/h2-7,16-17,20-21,24,27H,8-9H2,1H3/t16-,17-,20-,21-/m1/s1. The molecule has 30 heavy (non-hydrogen) atoms. The monoisotopic (exact) mass is 410 g/mol. The van der Waals surface area contributed by atoms with Crippen LogP contribution < -0.4 is 4.74 Å². The predicted octanol–water partition coefficient (Wildman–Crippen LogP) is 2.16. The van der Waals surface area contributed by atoms with Crippen molar-refractivity contribution in [2.45, 2.75) is 24.4 Å². The molecule has 3 aromatic heterocycles. The zero-order chi connectivity index (χ0) is 20.4. The highest BCUT2D eigenvalue weighted by molar-refractivity contribution is 5.86. The van der Waals surface area contributed by atoms with Gasteiger partial charge in [0.2, 0.25) is 0 Å². The molecule has 2 saturated heterocycles. The summed E-state index contributed by atoms with van der Waals surface area (Å²) in [5.41, 5.74) is 3.05. The fourth-order valence-electron chi connectivity index (χ4n) is 4.29. The first-order valence-corrected chi connectivity index (χ1v) is 9.76. The molecule has 9 heteroatoms. The van der Waals surface area contributed by atoms with Crippen LogP contribution in [0.5, 0.6) is 5.88 Å². The molecule has 4 atom stereocenters. The van der Waals surface area contributed by atoms with Crippen molar-refractivity contribution in [1.29, 1.82) is 0 Å². The number of hydrogen-bond acceptors (Lipinski definition) is 6. The Labute approximate surface area is 170 Å². The zero-order valence-electron chi connectivity index (χ0n) is 16.1. The van der Waals surface area contributed by atoms with Gasteiger partial charge in [-0.25, -0.2) is 9.37 Å². The average molecular weight is 410 g/mol. The van der Waals surface area contributed by atoms with E-state index in [1.54, 1.807) is 16.9 Å². The molecule has 154 valence electrons. The number of fused-ring (bicyclic) bond motifs is 3. The van der Waals surface area contributed by atoms with Crippen molar-refractivity contribution in [3.05, 3.63) is 42.3 Å². The molecule has 0 spiro atoms. The second kappa shape index (κ2) is 6.49. The smallest absolute Gasteiger partial charge is 0.193 e. The normalized spacial score (nSPS) is 26.0. The highest BCUT2D eigenvalue weighted by Crippen LogP contribution is 2.32. The van der Waals surface area contributed by atoms with Crippen LogP contribution in [0.2, 0.25) is 0 Å². The van der Waals surface area contributed by atoms with E-state index in [0.717, 1.165) is 10.9 Å². The van der Waals surface area contributed by atoms with E-state index in [1.165, 1.54) is 6.07 Å². The fourth-order valence-corrected chi connectivity index (χ4v) is 4.29. The van der Waals surface area contributed by atoms with E-state index in [2.05, 4.69) is 15.1 Å². The number of rotatable bonds is 3. The van der Waals surface area contributed by atoms with Gasteiger partial charge < -0.3 is 24.3 Å².